The minimum absolute atomic E-state index is 0.169. The fourth-order valence-electron chi connectivity index (χ4n) is 3.11. The molecule has 1 aliphatic rings. The molecule has 1 heterocycles. The van der Waals surface area contributed by atoms with Crippen LogP contribution in [0.3, 0.4) is 0 Å². The molecule has 0 saturated carbocycles. The van der Waals surface area contributed by atoms with E-state index in [4.69, 9.17) is 9.47 Å². The van der Waals surface area contributed by atoms with E-state index >= 15 is 0 Å². The number of fused-ring (bicyclic) bond motifs is 1. The van der Waals surface area contributed by atoms with Crippen molar-refractivity contribution in [2.75, 3.05) is 25.1 Å². The smallest absolute Gasteiger partial charge is 0.319 e. The van der Waals surface area contributed by atoms with Crippen molar-refractivity contribution in [1.29, 1.82) is 0 Å². The summed E-state index contributed by atoms with van der Waals surface area (Å²) in [7, 11) is 0. The molecule has 1 aromatic carbocycles. The number of anilines is 1. The van der Waals surface area contributed by atoms with Crippen LogP contribution in [0, 0.1) is 0 Å². The monoisotopic (exact) mass is 362 g/mol. The van der Waals surface area contributed by atoms with E-state index in [1.54, 1.807) is 6.07 Å². The van der Waals surface area contributed by atoms with Crippen LogP contribution in [-0.2, 0) is 0 Å². The van der Waals surface area contributed by atoms with Gasteiger partial charge in [-0.05, 0) is 18.6 Å². The van der Waals surface area contributed by atoms with Crippen molar-refractivity contribution in [2.24, 2.45) is 0 Å². The lowest BCUT2D eigenvalue weighted by molar-refractivity contribution is 0.171. The molecule has 2 N–H and O–H groups in total. The minimum atomic E-state index is -0.169. The zero-order chi connectivity index (χ0) is 18.5. The number of unbranched alkanes of at least 4 members (excludes halogenated alkanes) is 9. The number of nitrogens with one attached hydrogen (secondary N) is 2. The summed E-state index contributed by atoms with van der Waals surface area (Å²) in [5, 5.41) is 5.76. The number of hydrogen-bond donors (Lipinski definition) is 2. The van der Waals surface area contributed by atoms with E-state index in [1.165, 1.54) is 57.8 Å². The van der Waals surface area contributed by atoms with E-state index in [1.807, 2.05) is 12.1 Å². The van der Waals surface area contributed by atoms with E-state index in [-0.39, 0.29) is 6.03 Å². The number of urea groups is 1. The normalized spacial score (nSPS) is 12.7. The Balaban J connectivity index is 1.48. The second-order valence-electron chi connectivity index (χ2n) is 6.92. The van der Waals surface area contributed by atoms with Gasteiger partial charge in [0.15, 0.2) is 11.5 Å². The van der Waals surface area contributed by atoms with Crippen LogP contribution in [0.5, 0.6) is 11.5 Å². The van der Waals surface area contributed by atoms with Gasteiger partial charge in [-0.25, -0.2) is 4.79 Å². The van der Waals surface area contributed by atoms with E-state index in [0.717, 1.165) is 17.9 Å². The third-order valence-electron chi connectivity index (χ3n) is 4.62. The number of ether oxygens (including phenoxy) is 2. The number of rotatable bonds is 12. The molecule has 0 saturated heterocycles. The molecule has 2 rings (SSSR count). The van der Waals surface area contributed by atoms with Crippen LogP contribution in [0.1, 0.15) is 71.1 Å². The van der Waals surface area contributed by atoms with Crippen LogP contribution in [0.25, 0.3) is 0 Å². The molecule has 146 valence electrons. The van der Waals surface area contributed by atoms with E-state index in [9.17, 15) is 4.79 Å². The zero-order valence-corrected chi connectivity index (χ0v) is 16.1. The first-order chi connectivity index (χ1) is 12.8. The highest BCUT2D eigenvalue weighted by Crippen LogP contribution is 2.32. The Morgan fingerprint density at radius 3 is 2.19 bits per heavy atom. The quantitative estimate of drug-likeness (QED) is 0.483. The first-order valence-corrected chi connectivity index (χ1v) is 10.2. The Kier molecular flexibility index (Phi) is 9.77. The predicted octanol–water partition coefficient (Wildman–Crippen LogP) is 5.50. The van der Waals surface area contributed by atoms with Gasteiger partial charge in [0.25, 0.3) is 0 Å². The molecule has 0 aromatic heterocycles. The van der Waals surface area contributed by atoms with Crippen LogP contribution in [0.4, 0.5) is 10.5 Å². The van der Waals surface area contributed by atoms with Crippen LogP contribution in [0.2, 0.25) is 0 Å². The second-order valence-corrected chi connectivity index (χ2v) is 6.92. The lowest BCUT2D eigenvalue weighted by atomic mass is 10.1. The number of hydrogen-bond acceptors (Lipinski definition) is 3. The summed E-state index contributed by atoms with van der Waals surface area (Å²) in [6.45, 7) is 4.08. The molecule has 5 nitrogen and oxygen atoms in total. The molecule has 0 atom stereocenters. The lowest BCUT2D eigenvalue weighted by Crippen LogP contribution is -2.29. The number of benzene rings is 1. The molecular weight excluding hydrogens is 328 g/mol. The van der Waals surface area contributed by atoms with Gasteiger partial charge in [-0.15, -0.1) is 0 Å². The SMILES string of the molecule is CCCCCCCCCCCCNC(=O)Nc1ccc2c(c1)OCCO2. The van der Waals surface area contributed by atoms with Gasteiger partial charge in [0.05, 0.1) is 0 Å². The summed E-state index contributed by atoms with van der Waals surface area (Å²) in [6.07, 6.45) is 13.0. The van der Waals surface area contributed by atoms with Crippen molar-refractivity contribution in [3.8, 4) is 11.5 Å². The number of carbonyl (C=O) groups excluding carboxylic acids is 1. The number of amides is 2. The van der Waals surface area contributed by atoms with Gasteiger partial charge in [0.1, 0.15) is 13.2 Å². The molecule has 1 aromatic rings. The standard InChI is InChI=1S/C21H34N2O3/c1-2-3-4-5-6-7-8-9-10-11-14-22-21(24)23-18-12-13-19-20(17-18)26-16-15-25-19/h12-13,17H,2-11,14-16H2,1H3,(H2,22,23,24). The molecule has 1 aliphatic heterocycles. The molecular formula is C21H34N2O3. The Morgan fingerprint density at radius 1 is 0.885 bits per heavy atom. The average molecular weight is 363 g/mol. The molecule has 0 radical (unpaired) electrons. The predicted molar refractivity (Wildman–Crippen MR) is 106 cm³/mol. The van der Waals surface area contributed by atoms with Crippen molar-refractivity contribution >= 4 is 11.7 Å². The summed E-state index contributed by atoms with van der Waals surface area (Å²) >= 11 is 0. The average Bonchev–Trinajstić information content (AvgIpc) is 2.66. The molecule has 0 fully saturated rings. The van der Waals surface area contributed by atoms with Gasteiger partial charge in [0.2, 0.25) is 0 Å². The van der Waals surface area contributed by atoms with E-state index < -0.39 is 0 Å². The van der Waals surface area contributed by atoms with Crippen molar-refractivity contribution in [2.45, 2.75) is 71.1 Å². The second kappa shape index (κ2) is 12.4. The summed E-state index contributed by atoms with van der Waals surface area (Å²) < 4.78 is 11.0. The van der Waals surface area contributed by atoms with E-state index in [2.05, 4.69) is 17.6 Å². The van der Waals surface area contributed by atoms with Crippen LogP contribution in [0.15, 0.2) is 18.2 Å². The third-order valence-corrected chi connectivity index (χ3v) is 4.62. The van der Waals surface area contributed by atoms with Gasteiger partial charge in [-0.1, -0.05) is 64.7 Å². The van der Waals surface area contributed by atoms with Crippen LogP contribution >= 0.6 is 0 Å². The van der Waals surface area contributed by atoms with Crippen molar-refractivity contribution in [3.05, 3.63) is 18.2 Å². The van der Waals surface area contributed by atoms with Gasteiger partial charge in [-0.2, -0.15) is 0 Å². The first kappa shape index (κ1) is 20.4. The Hall–Kier alpha value is -1.91. The highest BCUT2D eigenvalue weighted by atomic mass is 16.6. The highest BCUT2D eigenvalue weighted by molar-refractivity contribution is 5.89. The number of carbonyl (C=O) groups is 1. The van der Waals surface area contributed by atoms with Gasteiger partial charge < -0.3 is 20.1 Å². The maximum absolute atomic E-state index is 11.9. The maximum atomic E-state index is 11.9. The van der Waals surface area contributed by atoms with E-state index in [0.29, 0.717) is 25.5 Å². The van der Waals surface area contributed by atoms with Crippen molar-refractivity contribution < 1.29 is 14.3 Å². The first-order valence-electron chi connectivity index (χ1n) is 10.2. The third kappa shape index (κ3) is 7.98. The van der Waals surface area contributed by atoms with Crippen LogP contribution < -0.4 is 20.1 Å². The summed E-state index contributed by atoms with van der Waals surface area (Å²) in [5.41, 5.74) is 0.717. The summed E-state index contributed by atoms with van der Waals surface area (Å²) in [6, 6.07) is 5.28. The molecule has 0 unspecified atom stereocenters. The molecule has 2 amide bonds. The minimum Gasteiger partial charge on any atom is -0.486 e. The fraction of sp³-hybridized carbons (Fsp3) is 0.667. The molecule has 26 heavy (non-hydrogen) atoms. The largest absolute Gasteiger partial charge is 0.486 e. The summed E-state index contributed by atoms with van der Waals surface area (Å²) in [5.74, 6) is 1.41. The fourth-order valence-corrected chi connectivity index (χ4v) is 3.11. The molecule has 0 bridgehead atoms. The highest BCUT2D eigenvalue weighted by Gasteiger charge is 2.12. The molecule has 5 heteroatoms. The van der Waals surface area contributed by atoms with Crippen molar-refractivity contribution in [1.82, 2.24) is 5.32 Å². The lowest BCUT2D eigenvalue weighted by Gasteiger charge is -2.19. The van der Waals surface area contributed by atoms with Gasteiger partial charge in [0, 0.05) is 18.3 Å². The Morgan fingerprint density at radius 2 is 1.50 bits per heavy atom. The maximum Gasteiger partial charge on any atom is 0.319 e. The zero-order valence-electron chi connectivity index (χ0n) is 16.1. The Bertz CT molecular complexity index is 534. The Labute approximate surface area is 157 Å². The summed E-state index contributed by atoms with van der Waals surface area (Å²) in [4.78, 5) is 11.9. The van der Waals surface area contributed by atoms with Crippen molar-refractivity contribution in [3.63, 3.8) is 0 Å². The van der Waals surface area contributed by atoms with Gasteiger partial charge in [-0.3, -0.25) is 0 Å². The van der Waals surface area contributed by atoms with Crippen LogP contribution in [-0.4, -0.2) is 25.8 Å². The molecule has 0 spiro atoms. The topological polar surface area (TPSA) is 59.6 Å². The van der Waals surface area contributed by atoms with Gasteiger partial charge >= 0.3 is 6.03 Å². The molecule has 0 aliphatic carbocycles.